The van der Waals surface area contributed by atoms with Crippen LogP contribution in [0.5, 0.6) is 5.88 Å². The van der Waals surface area contributed by atoms with E-state index in [-0.39, 0.29) is 6.09 Å². The molecule has 1 aromatic heterocycles. The Morgan fingerprint density at radius 1 is 1.50 bits per heavy atom. The number of rotatable bonds is 0. The number of pyridine rings is 1. The molecule has 0 atom stereocenters. The molecule has 1 amide bonds. The smallest absolute Gasteiger partial charge is 0.415 e. The Morgan fingerprint density at radius 2 is 2.22 bits per heavy atom. The summed E-state index contributed by atoms with van der Waals surface area (Å²) < 4.78 is 11.5. The number of hydrogen-bond acceptors (Lipinski definition) is 4. The summed E-state index contributed by atoms with van der Waals surface area (Å²) in [6.07, 6.45) is -0.379. The number of aromatic nitrogens is 1. The lowest BCUT2D eigenvalue weighted by Gasteiger charge is -2.30. The van der Waals surface area contributed by atoms with Gasteiger partial charge < -0.3 is 9.47 Å². The molecule has 5 nitrogen and oxygen atoms in total. The highest BCUT2D eigenvalue weighted by Gasteiger charge is 2.28. The lowest BCUT2D eigenvalue weighted by atomic mass is 10.2. The number of carbonyl (C=O) groups is 1. The van der Waals surface area contributed by atoms with Crippen molar-refractivity contribution in [1.82, 2.24) is 4.98 Å². The highest BCUT2D eigenvalue weighted by atomic mass is 79.9. The standard InChI is InChI=1S/C12H15BrN2O3/c1-12(2,3)18-11(16)15-6-7-17-10-8(15)4-5-9(13)14-10/h4-5H,6-7H2,1-3H3. The van der Waals surface area contributed by atoms with E-state index >= 15 is 0 Å². The maximum atomic E-state index is 12.1. The zero-order valence-electron chi connectivity index (χ0n) is 10.6. The number of ether oxygens (including phenoxy) is 2. The molecule has 0 unspecified atom stereocenters. The zero-order valence-corrected chi connectivity index (χ0v) is 12.2. The Hall–Kier alpha value is -1.30. The molecule has 1 aromatic rings. The van der Waals surface area contributed by atoms with Gasteiger partial charge in [0.2, 0.25) is 5.88 Å². The van der Waals surface area contributed by atoms with Crippen LogP contribution in [0.25, 0.3) is 0 Å². The average molecular weight is 315 g/mol. The molecule has 0 saturated heterocycles. The second-order valence-electron chi connectivity index (χ2n) is 4.94. The van der Waals surface area contributed by atoms with Crippen molar-refractivity contribution in [3.63, 3.8) is 0 Å². The summed E-state index contributed by atoms with van der Waals surface area (Å²) in [5.74, 6) is 0.446. The van der Waals surface area contributed by atoms with Crippen LogP contribution in [0.3, 0.4) is 0 Å². The van der Waals surface area contributed by atoms with Gasteiger partial charge in [-0.15, -0.1) is 0 Å². The first kappa shape index (κ1) is 13.1. The molecule has 0 radical (unpaired) electrons. The summed E-state index contributed by atoms with van der Waals surface area (Å²) in [6.45, 7) is 6.39. The molecule has 2 heterocycles. The highest BCUT2D eigenvalue weighted by Crippen LogP contribution is 2.31. The quantitative estimate of drug-likeness (QED) is 0.691. The van der Waals surface area contributed by atoms with Gasteiger partial charge in [-0.3, -0.25) is 4.90 Å². The number of hydrogen-bond donors (Lipinski definition) is 0. The van der Waals surface area contributed by atoms with Gasteiger partial charge in [0.15, 0.2) is 0 Å². The summed E-state index contributed by atoms with van der Waals surface area (Å²) in [5.41, 5.74) is 0.122. The second kappa shape index (κ2) is 4.76. The largest absolute Gasteiger partial charge is 0.474 e. The van der Waals surface area contributed by atoms with E-state index in [1.54, 1.807) is 17.0 Å². The van der Waals surface area contributed by atoms with Crippen molar-refractivity contribution in [1.29, 1.82) is 0 Å². The third-order valence-electron chi connectivity index (χ3n) is 2.26. The Bertz CT molecular complexity index is 471. The van der Waals surface area contributed by atoms with E-state index in [1.165, 1.54) is 0 Å². The minimum atomic E-state index is -0.516. The van der Waals surface area contributed by atoms with Gasteiger partial charge in [-0.1, -0.05) is 0 Å². The fourth-order valence-electron chi connectivity index (χ4n) is 1.58. The lowest BCUT2D eigenvalue weighted by Crippen LogP contribution is -2.41. The first-order valence-corrected chi connectivity index (χ1v) is 6.46. The monoisotopic (exact) mass is 314 g/mol. The van der Waals surface area contributed by atoms with Gasteiger partial charge in [-0.25, -0.2) is 9.78 Å². The number of anilines is 1. The molecule has 0 fully saturated rings. The van der Waals surface area contributed by atoms with Crippen LogP contribution in [-0.2, 0) is 4.74 Å². The van der Waals surface area contributed by atoms with Crippen LogP contribution in [-0.4, -0.2) is 29.8 Å². The molecule has 0 N–H and O–H groups in total. The SMILES string of the molecule is CC(C)(C)OC(=O)N1CCOc2nc(Br)ccc21. The van der Waals surface area contributed by atoms with Crippen molar-refractivity contribution in [2.75, 3.05) is 18.1 Å². The van der Waals surface area contributed by atoms with Crippen molar-refractivity contribution < 1.29 is 14.3 Å². The Morgan fingerprint density at radius 3 is 2.89 bits per heavy atom. The van der Waals surface area contributed by atoms with E-state index in [0.29, 0.717) is 29.3 Å². The molecule has 1 aliphatic rings. The predicted molar refractivity (Wildman–Crippen MR) is 71.0 cm³/mol. The fraction of sp³-hybridized carbons (Fsp3) is 0.500. The topological polar surface area (TPSA) is 51.7 Å². The van der Waals surface area contributed by atoms with Gasteiger partial charge in [0.1, 0.15) is 22.5 Å². The third kappa shape index (κ3) is 2.93. The van der Waals surface area contributed by atoms with E-state index < -0.39 is 5.60 Å². The Balaban J connectivity index is 2.25. The van der Waals surface area contributed by atoms with E-state index in [0.717, 1.165) is 0 Å². The first-order valence-electron chi connectivity index (χ1n) is 5.67. The molecule has 0 aliphatic carbocycles. The van der Waals surface area contributed by atoms with Crippen molar-refractivity contribution in [3.8, 4) is 5.88 Å². The van der Waals surface area contributed by atoms with Crippen LogP contribution >= 0.6 is 15.9 Å². The number of nitrogens with zero attached hydrogens (tertiary/aromatic N) is 2. The summed E-state index contributed by atoms with van der Waals surface area (Å²) in [7, 11) is 0. The van der Waals surface area contributed by atoms with Gasteiger partial charge >= 0.3 is 6.09 Å². The average Bonchev–Trinajstić information content (AvgIpc) is 2.25. The summed E-state index contributed by atoms with van der Waals surface area (Å²) >= 11 is 3.27. The predicted octanol–water partition coefficient (Wildman–Crippen LogP) is 2.98. The first-order chi connectivity index (χ1) is 8.37. The van der Waals surface area contributed by atoms with Crippen LogP contribution in [0.4, 0.5) is 10.5 Å². The van der Waals surface area contributed by atoms with Crippen molar-refractivity contribution in [3.05, 3.63) is 16.7 Å². The molecule has 0 bridgehead atoms. The van der Waals surface area contributed by atoms with Crippen molar-refractivity contribution in [2.45, 2.75) is 26.4 Å². The fourth-order valence-corrected chi connectivity index (χ4v) is 1.88. The third-order valence-corrected chi connectivity index (χ3v) is 2.71. The molecule has 0 saturated carbocycles. The van der Waals surface area contributed by atoms with Gasteiger partial charge in [-0.05, 0) is 48.8 Å². The number of amides is 1. The zero-order chi connectivity index (χ0) is 13.3. The van der Waals surface area contributed by atoms with E-state index in [9.17, 15) is 4.79 Å². The van der Waals surface area contributed by atoms with Crippen LogP contribution in [0.15, 0.2) is 16.7 Å². The molecular formula is C12H15BrN2O3. The molecule has 2 rings (SSSR count). The Kier molecular flexibility index (Phi) is 3.47. The maximum absolute atomic E-state index is 12.1. The summed E-state index contributed by atoms with van der Waals surface area (Å²) in [6, 6.07) is 3.56. The second-order valence-corrected chi connectivity index (χ2v) is 5.75. The minimum absolute atomic E-state index is 0.379. The highest BCUT2D eigenvalue weighted by molar-refractivity contribution is 9.10. The molecule has 1 aliphatic heterocycles. The number of fused-ring (bicyclic) bond motifs is 1. The number of carbonyl (C=O) groups excluding carboxylic acids is 1. The van der Waals surface area contributed by atoms with Gasteiger partial charge in [0.05, 0.1) is 6.54 Å². The normalized spacial score (nSPS) is 14.8. The van der Waals surface area contributed by atoms with E-state index in [2.05, 4.69) is 20.9 Å². The van der Waals surface area contributed by atoms with Gasteiger partial charge in [-0.2, -0.15) is 0 Å². The van der Waals surface area contributed by atoms with Crippen molar-refractivity contribution >= 4 is 27.7 Å². The molecule has 6 heteroatoms. The molecule has 18 heavy (non-hydrogen) atoms. The Labute approximate surface area is 114 Å². The van der Waals surface area contributed by atoms with Crippen LogP contribution in [0.1, 0.15) is 20.8 Å². The molecular weight excluding hydrogens is 300 g/mol. The van der Waals surface area contributed by atoms with Crippen LogP contribution in [0, 0.1) is 0 Å². The maximum Gasteiger partial charge on any atom is 0.415 e. The minimum Gasteiger partial charge on any atom is -0.474 e. The van der Waals surface area contributed by atoms with E-state index in [4.69, 9.17) is 9.47 Å². The summed E-state index contributed by atoms with van der Waals surface area (Å²) in [5, 5.41) is 0. The van der Waals surface area contributed by atoms with Gasteiger partial charge in [0.25, 0.3) is 0 Å². The van der Waals surface area contributed by atoms with E-state index in [1.807, 2.05) is 20.8 Å². The molecule has 0 spiro atoms. The van der Waals surface area contributed by atoms with Crippen LogP contribution < -0.4 is 9.64 Å². The summed E-state index contributed by atoms with van der Waals surface area (Å²) in [4.78, 5) is 17.8. The number of halogens is 1. The molecule has 98 valence electrons. The van der Waals surface area contributed by atoms with Crippen LogP contribution in [0.2, 0.25) is 0 Å². The lowest BCUT2D eigenvalue weighted by molar-refractivity contribution is 0.0566. The van der Waals surface area contributed by atoms with Crippen molar-refractivity contribution in [2.24, 2.45) is 0 Å². The van der Waals surface area contributed by atoms with Gasteiger partial charge in [0, 0.05) is 0 Å². The molecule has 0 aromatic carbocycles.